The molecule has 0 saturated carbocycles. The molecular weight excluding hydrogens is 483 g/mol. The first-order valence-electron chi connectivity index (χ1n) is 14.3. The molecule has 8 nitrogen and oxygen atoms in total. The molecule has 0 rings (SSSR count). The average molecular weight is 536 g/mol. The number of esters is 2. The molecule has 0 radical (unpaired) electrons. The van der Waals surface area contributed by atoms with Crippen molar-refractivity contribution in [2.45, 2.75) is 148 Å². The van der Waals surface area contributed by atoms with Gasteiger partial charge in [-0.25, -0.2) is 0 Å². The lowest BCUT2D eigenvalue weighted by atomic mass is 10.1. The summed E-state index contributed by atoms with van der Waals surface area (Å²) in [7, 11) is -4.97. The Morgan fingerprint density at radius 3 is 1.47 bits per heavy atom. The Morgan fingerprint density at radius 1 is 0.667 bits per heavy atom. The van der Waals surface area contributed by atoms with Gasteiger partial charge >= 0.3 is 11.9 Å². The summed E-state index contributed by atoms with van der Waals surface area (Å²) in [6, 6.07) is 0. The zero-order valence-corrected chi connectivity index (χ0v) is 23.8. The van der Waals surface area contributed by atoms with Gasteiger partial charge in [0.15, 0.2) is 6.10 Å². The average Bonchev–Trinajstić information content (AvgIpc) is 2.83. The van der Waals surface area contributed by atoms with E-state index in [1.807, 2.05) is 0 Å². The third-order valence-corrected chi connectivity index (χ3v) is 6.60. The summed E-state index contributed by atoms with van der Waals surface area (Å²) in [5, 5.41) is 0. The smallest absolute Gasteiger partial charge is 0.306 e. The Hall–Kier alpha value is -0.950. The van der Waals surface area contributed by atoms with E-state index in [1.54, 1.807) is 0 Å². The van der Waals surface area contributed by atoms with E-state index in [0.717, 1.165) is 38.5 Å². The number of carbonyl (C=O) groups excluding carboxylic acids is 2. The molecule has 0 bridgehead atoms. The topological polar surface area (TPSA) is 122 Å². The maximum absolute atomic E-state index is 12.2. The van der Waals surface area contributed by atoms with E-state index in [9.17, 15) is 19.0 Å². The molecule has 0 aromatic rings. The van der Waals surface area contributed by atoms with Crippen molar-refractivity contribution in [2.75, 3.05) is 13.2 Å². The second-order valence-electron chi connectivity index (χ2n) is 9.72. The first-order chi connectivity index (χ1) is 17.3. The van der Waals surface area contributed by atoms with Gasteiger partial charge in [0.2, 0.25) is 0 Å². The SMILES string of the molecule is CCCCCCCCCCCC(=O)OC[C@H](COP(=O)([O-])O)OC(=O)CCCCCCCCCCC. The van der Waals surface area contributed by atoms with E-state index in [1.165, 1.54) is 70.6 Å². The molecule has 0 fully saturated rings. The molecule has 0 aliphatic rings. The zero-order valence-electron chi connectivity index (χ0n) is 22.9. The molecule has 0 heterocycles. The quantitative estimate of drug-likeness (QED) is 0.0732. The third-order valence-electron chi connectivity index (χ3n) is 6.12. The van der Waals surface area contributed by atoms with Crippen molar-refractivity contribution in [2.24, 2.45) is 0 Å². The summed E-state index contributed by atoms with van der Waals surface area (Å²) in [6.07, 6.45) is 19.7. The highest BCUT2D eigenvalue weighted by Crippen LogP contribution is 2.30. The van der Waals surface area contributed by atoms with E-state index in [4.69, 9.17) is 14.4 Å². The van der Waals surface area contributed by atoms with Crippen LogP contribution in [0.15, 0.2) is 0 Å². The summed E-state index contributed by atoms with van der Waals surface area (Å²) in [5.41, 5.74) is 0. The van der Waals surface area contributed by atoms with Gasteiger partial charge in [-0.05, 0) is 12.8 Å². The molecule has 0 aliphatic heterocycles. The summed E-state index contributed by atoms with van der Waals surface area (Å²) in [5.74, 6) is -0.924. The number of unbranched alkanes of at least 4 members (excludes halogenated alkanes) is 16. The maximum Gasteiger partial charge on any atom is 0.306 e. The van der Waals surface area contributed by atoms with Crippen LogP contribution < -0.4 is 4.89 Å². The van der Waals surface area contributed by atoms with E-state index in [-0.39, 0.29) is 19.4 Å². The first kappa shape index (κ1) is 35.0. The number of phosphoric acid groups is 1. The number of phosphoric ester groups is 1. The lowest BCUT2D eigenvalue weighted by Gasteiger charge is -2.21. The van der Waals surface area contributed by atoms with Gasteiger partial charge in [0.1, 0.15) is 6.61 Å². The van der Waals surface area contributed by atoms with Gasteiger partial charge in [0, 0.05) is 12.8 Å². The summed E-state index contributed by atoms with van der Waals surface area (Å²) < 4.78 is 25.7. The van der Waals surface area contributed by atoms with Crippen molar-refractivity contribution in [3.8, 4) is 0 Å². The van der Waals surface area contributed by atoms with Crippen LogP contribution in [0.3, 0.4) is 0 Å². The Labute approximate surface area is 219 Å². The van der Waals surface area contributed by atoms with Gasteiger partial charge in [-0.15, -0.1) is 0 Å². The van der Waals surface area contributed by atoms with Gasteiger partial charge < -0.3 is 23.8 Å². The van der Waals surface area contributed by atoms with Crippen molar-refractivity contribution in [3.05, 3.63) is 0 Å². The van der Waals surface area contributed by atoms with Gasteiger partial charge in [-0.3, -0.25) is 14.2 Å². The fraction of sp³-hybridized carbons (Fsp3) is 0.926. The molecule has 0 aliphatic carbocycles. The third kappa shape index (κ3) is 26.1. The number of hydrogen-bond acceptors (Lipinski definition) is 7. The molecule has 2 atom stereocenters. The summed E-state index contributed by atoms with van der Waals surface area (Å²) >= 11 is 0. The van der Waals surface area contributed by atoms with Crippen LogP contribution >= 0.6 is 7.82 Å². The van der Waals surface area contributed by atoms with E-state index in [0.29, 0.717) is 6.42 Å². The maximum atomic E-state index is 12.2. The number of hydrogen-bond donors (Lipinski definition) is 1. The molecule has 0 amide bonds. The van der Waals surface area contributed by atoms with Crippen molar-refractivity contribution < 1.29 is 37.9 Å². The Morgan fingerprint density at radius 2 is 1.06 bits per heavy atom. The van der Waals surface area contributed by atoms with Crippen molar-refractivity contribution in [1.29, 1.82) is 0 Å². The predicted octanol–water partition coefficient (Wildman–Crippen LogP) is 6.76. The van der Waals surface area contributed by atoms with Crippen LogP contribution in [0.25, 0.3) is 0 Å². The molecular formula is C27H52O8P-. The van der Waals surface area contributed by atoms with Crippen LogP contribution in [0.1, 0.15) is 142 Å². The van der Waals surface area contributed by atoms with Crippen molar-refractivity contribution >= 4 is 19.8 Å². The zero-order chi connectivity index (χ0) is 26.9. The largest absolute Gasteiger partial charge is 0.756 e. The number of rotatable bonds is 26. The highest BCUT2D eigenvalue weighted by Gasteiger charge is 2.19. The van der Waals surface area contributed by atoms with Crippen LogP contribution in [-0.4, -0.2) is 36.1 Å². The van der Waals surface area contributed by atoms with E-state index in [2.05, 4.69) is 18.4 Å². The molecule has 214 valence electrons. The Kier molecular flexibility index (Phi) is 23.7. The molecule has 0 spiro atoms. The van der Waals surface area contributed by atoms with Crippen LogP contribution in [0, 0.1) is 0 Å². The van der Waals surface area contributed by atoms with Crippen LogP contribution in [-0.2, 0) is 28.2 Å². The minimum absolute atomic E-state index is 0.201. The molecule has 1 unspecified atom stereocenters. The molecule has 0 aromatic heterocycles. The normalized spacial score (nSPS) is 13.8. The summed E-state index contributed by atoms with van der Waals surface area (Å²) in [4.78, 5) is 44.0. The fourth-order valence-electron chi connectivity index (χ4n) is 3.96. The first-order valence-corrected chi connectivity index (χ1v) is 15.8. The number of ether oxygens (including phenoxy) is 2. The molecule has 0 saturated heterocycles. The molecule has 36 heavy (non-hydrogen) atoms. The van der Waals surface area contributed by atoms with Crippen molar-refractivity contribution in [1.82, 2.24) is 0 Å². The standard InChI is InChI=1S/C27H53O8P/c1-3-5-7-9-11-13-15-17-19-21-26(28)33-23-25(24-34-36(30,31)32)35-27(29)22-20-18-16-14-12-10-8-6-4-2/h25H,3-24H2,1-2H3,(H2,30,31,32)/p-1/t25-/m1/s1. The second kappa shape index (κ2) is 24.4. The van der Waals surface area contributed by atoms with E-state index >= 15 is 0 Å². The Balaban J connectivity index is 4.08. The number of carbonyl (C=O) groups is 2. The minimum Gasteiger partial charge on any atom is -0.756 e. The van der Waals surface area contributed by atoms with Crippen LogP contribution in [0.5, 0.6) is 0 Å². The molecule has 0 aromatic carbocycles. The van der Waals surface area contributed by atoms with Gasteiger partial charge in [-0.1, -0.05) is 117 Å². The second-order valence-corrected chi connectivity index (χ2v) is 10.9. The summed E-state index contributed by atoms with van der Waals surface area (Å²) in [6.45, 7) is 3.50. The van der Waals surface area contributed by atoms with Gasteiger partial charge in [0.25, 0.3) is 7.82 Å². The molecule has 1 N–H and O–H groups in total. The Bertz CT molecular complexity index is 578. The minimum atomic E-state index is -4.97. The van der Waals surface area contributed by atoms with Gasteiger partial charge in [0.05, 0.1) is 6.61 Å². The molecule has 9 heteroatoms. The monoisotopic (exact) mass is 535 g/mol. The highest BCUT2D eigenvalue weighted by atomic mass is 31.2. The highest BCUT2D eigenvalue weighted by molar-refractivity contribution is 7.44. The lowest BCUT2D eigenvalue weighted by molar-refractivity contribution is -0.223. The van der Waals surface area contributed by atoms with Gasteiger partial charge in [-0.2, -0.15) is 0 Å². The predicted molar refractivity (Wildman–Crippen MR) is 140 cm³/mol. The lowest BCUT2D eigenvalue weighted by Crippen LogP contribution is -2.30. The fourth-order valence-corrected chi connectivity index (χ4v) is 4.31. The van der Waals surface area contributed by atoms with E-state index < -0.39 is 32.5 Å². The van der Waals surface area contributed by atoms with Crippen LogP contribution in [0.2, 0.25) is 0 Å². The van der Waals surface area contributed by atoms with Crippen LogP contribution in [0.4, 0.5) is 0 Å². The van der Waals surface area contributed by atoms with Crippen molar-refractivity contribution in [3.63, 3.8) is 0 Å².